The molecule has 1 aromatic rings. The molecule has 0 bridgehead atoms. The Morgan fingerprint density at radius 1 is 1.21 bits per heavy atom. The van der Waals surface area contributed by atoms with Crippen molar-refractivity contribution in [3.05, 3.63) is 11.9 Å². The van der Waals surface area contributed by atoms with Gasteiger partial charge < -0.3 is 15.4 Å². The molecule has 0 aromatic carbocycles. The van der Waals surface area contributed by atoms with Crippen molar-refractivity contribution in [3.63, 3.8) is 0 Å². The zero-order valence-electron chi connectivity index (χ0n) is 11.8. The van der Waals surface area contributed by atoms with Crippen molar-refractivity contribution in [1.29, 1.82) is 0 Å². The first-order chi connectivity index (χ1) is 9.31. The highest BCUT2D eigenvalue weighted by Gasteiger charge is 2.10. The van der Waals surface area contributed by atoms with Crippen molar-refractivity contribution in [3.8, 4) is 0 Å². The predicted octanol–water partition coefficient (Wildman–Crippen LogP) is 0.961. The number of anilines is 2. The fraction of sp³-hybridized carbons (Fsp3) is 0.692. The highest BCUT2D eigenvalue weighted by Crippen LogP contribution is 2.17. The van der Waals surface area contributed by atoms with E-state index in [1.165, 1.54) is 0 Å². The standard InChI is InChI=1S/C13H23N5O/c1-3-14-12-11(2)13(17-10-16-12)15-4-5-18-6-8-19-9-7-18/h10H,3-9H2,1-2H3,(H2,14,15,16,17). The Bertz CT molecular complexity index is 393. The summed E-state index contributed by atoms with van der Waals surface area (Å²) < 4.78 is 5.34. The normalized spacial score (nSPS) is 16.3. The third-order valence-electron chi connectivity index (χ3n) is 3.25. The van der Waals surface area contributed by atoms with Crippen LogP contribution < -0.4 is 10.6 Å². The van der Waals surface area contributed by atoms with Gasteiger partial charge in [-0.1, -0.05) is 0 Å². The number of nitrogens with zero attached hydrogens (tertiary/aromatic N) is 3. The van der Waals surface area contributed by atoms with Gasteiger partial charge in [0.05, 0.1) is 13.2 Å². The van der Waals surface area contributed by atoms with Crippen molar-refractivity contribution in [2.45, 2.75) is 13.8 Å². The lowest BCUT2D eigenvalue weighted by molar-refractivity contribution is 0.0398. The first-order valence-corrected chi connectivity index (χ1v) is 6.90. The first-order valence-electron chi connectivity index (χ1n) is 6.90. The predicted molar refractivity (Wildman–Crippen MR) is 76.7 cm³/mol. The van der Waals surface area contributed by atoms with E-state index in [4.69, 9.17) is 4.74 Å². The van der Waals surface area contributed by atoms with Crippen LogP contribution in [0.4, 0.5) is 11.6 Å². The highest BCUT2D eigenvalue weighted by molar-refractivity contribution is 5.56. The molecule has 6 nitrogen and oxygen atoms in total. The van der Waals surface area contributed by atoms with Crippen molar-refractivity contribution in [2.75, 3.05) is 56.6 Å². The van der Waals surface area contributed by atoms with E-state index in [0.29, 0.717) is 0 Å². The summed E-state index contributed by atoms with van der Waals surface area (Å²) in [5, 5.41) is 6.62. The lowest BCUT2D eigenvalue weighted by Crippen LogP contribution is -2.39. The third kappa shape index (κ3) is 4.04. The SMILES string of the molecule is CCNc1ncnc(NCCN2CCOCC2)c1C. The van der Waals surface area contributed by atoms with Crippen molar-refractivity contribution in [1.82, 2.24) is 14.9 Å². The van der Waals surface area contributed by atoms with Crippen LogP contribution in [0.5, 0.6) is 0 Å². The van der Waals surface area contributed by atoms with Crippen molar-refractivity contribution in [2.24, 2.45) is 0 Å². The first kappa shape index (κ1) is 14.0. The Morgan fingerprint density at radius 3 is 2.58 bits per heavy atom. The van der Waals surface area contributed by atoms with Gasteiger partial charge in [-0.25, -0.2) is 9.97 Å². The van der Waals surface area contributed by atoms with Crippen LogP contribution >= 0.6 is 0 Å². The Kier molecular flexibility index (Phi) is 5.35. The fourth-order valence-corrected chi connectivity index (χ4v) is 2.13. The lowest BCUT2D eigenvalue weighted by Gasteiger charge is -2.26. The van der Waals surface area contributed by atoms with Crippen LogP contribution in [0.25, 0.3) is 0 Å². The minimum atomic E-state index is 0.844. The molecule has 0 aliphatic carbocycles. The van der Waals surface area contributed by atoms with Gasteiger partial charge in [-0.05, 0) is 13.8 Å². The van der Waals surface area contributed by atoms with Crippen LogP contribution in [-0.4, -0.2) is 60.8 Å². The number of hydrogen-bond donors (Lipinski definition) is 2. The third-order valence-corrected chi connectivity index (χ3v) is 3.25. The van der Waals surface area contributed by atoms with Gasteiger partial charge in [0.1, 0.15) is 18.0 Å². The molecule has 0 unspecified atom stereocenters. The van der Waals surface area contributed by atoms with Gasteiger partial charge in [-0.3, -0.25) is 4.90 Å². The van der Waals surface area contributed by atoms with Crippen LogP contribution in [0.3, 0.4) is 0 Å². The van der Waals surface area contributed by atoms with Crippen molar-refractivity contribution < 1.29 is 4.74 Å². The Morgan fingerprint density at radius 2 is 1.89 bits per heavy atom. The molecule has 1 aliphatic rings. The number of aromatic nitrogens is 2. The molecular formula is C13H23N5O. The molecule has 0 saturated carbocycles. The fourth-order valence-electron chi connectivity index (χ4n) is 2.13. The Labute approximate surface area is 114 Å². The number of rotatable bonds is 6. The molecule has 2 rings (SSSR count). The molecule has 1 fully saturated rings. The van der Waals surface area contributed by atoms with Crippen LogP contribution in [0.1, 0.15) is 12.5 Å². The molecule has 106 valence electrons. The van der Waals surface area contributed by atoms with Crippen LogP contribution in [0.15, 0.2) is 6.33 Å². The lowest BCUT2D eigenvalue weighted by atomic mass is 10.3. The summed E-state index contributed by atoms with van der Waals surface area (Å²) in [4.78, 5) is 10.9. The van der Waals surface area contributed by atoms with E-state index in [0.717, 1.165) is 63.1 Å². The second-order valence-corrected chi connectivity index (χ2v) is 4.61. The van der Waals surface area contributed by atoms with Gasteiger partial charge in [0, 0.05) is 38.3 Å². The van der Waals surface area contributed by atoms with Gasteiger partial charge in [0.2, 0.25) is 0 Å². The smallest absolute Gasteiger partial charge is 0.134 e. The molecule has 0 radical (unpaired) electrons. The molecule has 1 aliphatic heterocycles. The molecule has 2 N–H and O–H groups in total. The number of nitrogens with one attached hydrogen (secondary N) is 2. The van der Waals surface area contributed by atoms with Gasteiger partial charge in [0.25, 0.3) is 0 Å². The van der Waals surface area contributed by atoms with E-state index in [-0.39, 0.29) is 0 Å². The van der Waals surface area contributed by atoms with Crippen molar-refractivity contribution >= 4 is 11.6 Å². The quantitative estimate of drug-likeness (QED) is 0.799. The summed E-state index contributed by atoms with van der Waals surface area (Å²) >= 11 is 0. The summed E-state index contributed by atoms with van der Waals surface area (Å²) in [5.74, 6) is 1.82. The second kappa shape index (κ2) is 7.25. The van der Waals surface area contributed by atoms with Crippen LogP contribution in [0.2, 0.25) is 0 Å². The molecule has 0 atom stereocenters. The van der Waals surface area contributed by atoms with E-state index in [9.17, 15) is 0 Å². The van der Waals surface area contributed by atoms with E-state index in [1.807, 2.05) is 6.92 Å². The average Bonchev–Trinajstić information content (AvgIpc) is 2.44. The number of morpholine rings is 1. The van der Waals surface area contributed by atoms with E-state index >= 15 is 0 Å². The van der Waals surface area contributed by atoms with Gasteiger partial charge in [0.15, 0.2) is 0 Å². The highest BCUT2D eigenvalue weighted by atomic mass is 16.5. The van der Waals surface area contributed by atoms with E-state index in [1.54, 1.807) is 6.33 Å². The monoisotopic (exact) mass is 265 g/mol. The maximum atomic E-state index is 5.34. The minimum absolute atomic E-state index is 0.844. The molecular weight excluding hydrogens is 242 g/mol. The van der Waals surface area contributed by atoms with Gasteiger partial charge in [-0.2, -0.15) is 0 Å². The van der Waals surface area contributed by atoms with Gasteiger partial charge >= 0.3 is 0 Å². The summed E-state index contributed by atoms with van der Waals surface area (Å²) in [6.45, 7) is 10.6. The molecule has 19 heavy (non-hydrogen) atoms. The summed E-state index contributed by atoms with van der Waals surface area (Å²) in [6.07, 6.45) is 1.60. The second-order valence-electron chi connectivity index (χ2n) is 4.61. The van der Waals surface area contributed by atoms with Gasteiger partial charge in [-0.15, -0.1) is 0 Å². The van der Waals surface area contributed by atoms with E-state index < -0.39 is 0 Å². The Balaban J connectivity index is 1.83. The average molecular weight is 265 g/mol. The molecule has 0 amide bonds. The molecule has 1 aromatic heterocycles. The molecule has 2 heterocycles. The number of ether oxygens (including phenoxy) is 1. The summed E-state index contributed by atoms with van der Waals surface area (Å²) in [6, 6.07) is 0. The van der Waals surface area contributed by atoms with Crippen LogP contribution in [-0.2, 0) is 4.74 Å². The van der Waals surface area contributed by atoms with Crippen LogP contribution in [0, 0.1) is 6.92 Å². The number of hydrogen-bond acceptors (Lipinski definition) is 6. The topological polar surface area (TPSA) is 62.3 Å². The summed E-state index contributed by atoms with van der Waals surface area (Å²) in [7, 11) is 0. The molecule has 1 saturated heterocycles. The zero-order valence-corrected chi connectivity index (χ0v) is 11.8. The Hall–Kier alpha value is -1.40. The summed E-state index contributed by atoms with van der Waals surface area (Å²) in [5.41, 5.74) is 1.08. The largest absolute Gasteiger partial charge is 0.379 e. The minimum Gasteiger partial charge on any atom is -0.379 e. The molecule has 6 heteroatoms. The zero-order chi connectivity index (χ0) is 13.5. The van der Waals surface area contributed by atoms with E-state index in [2.05, 4.69) is 32.4 Å². The molecule has 0 spiro atoms. The maximum absolute atomic E-state index is 5.34. The maximum Gasteiger partial charge on any atom is 0.134 e.